The van der Waals surface area contributed by atoms with Crippen molar-refractivity contribution in [3.8, 4) is 0 Å². The molecule has 2 aliphatic heterocycles. The maximum atomic E-state index is 13.8. The van der Waals surface area contributed by atoms with Gasteiger partial charge in [-0.1, -0.05) is 6.92 Å². The summed E-state index contributed by atoms with van der Waals surface area (Å²) in [5, 5.41) is 11.5. The smallest absolute Gasteiger partial charge is 0.342 e. The molecule has 0 bridgehead atoms. The lowest BCUT2D eigenvalue weighted by Crippen LogP contribution is -2.58. The van der Waals surface area contributed by atoms with Crippen molar-refractivity contribution in [2.75, 3.05) is 26.9 Å². The van der Waals surface area contributed by atoms with E-state index in [1.54, 1.807) is 0 Å². The van der Waals surface area contributed by atoms with Gasteiger partial charge in [0.1, 0.15) is 17.9 Å². The molecule has 0 amide bonds. The molecule has 1 aromatic heterocycles. The van der Waals surface area contributed by atoms with Gasteiger partial charge in [0.05, 0.1) is 31.3 Å². The summed E-state index contributed by atoms with van der Waals surface area (Å²) in [5.74, 6) is -1.58. The van der Waals surface area contributed by atoms with Gasteiger partial charge in [-0.2, -0.15) is 0 Å². The zero-order valence-electron chi connectivity index (χ0n) is 17.9. The van der Waals surface area contributed by atoms with E-state index in [0.29, 0.717) is 49.2 Å². The predicted molar refractivity (Wildman–Crippen MR) is 105 cm³/mol. The number of Topliss-reactive ketones (excluding diaryl/α,β-unsaturated/α-hetero) is 1. The first-order valence-corrected chi connectivity index (χ1v) is 10.9. The maximum absolute atomic E-state index is 13.8. The number of ketones is 1. The Morgan fingerprint density at radius 3 is 2.68 bits per heavy atom. The van der Waals surface area contributed by atoms with Crippen molar-refractivity contribution in [1.82, 2.24) is 0 Å². The largest absolute Gasteiger partial charge is 0.460 e. The summed E-state index contributed by atoms with van der Waals surface area (Å²) in [6.45, 7) is 5.13. The molecule has 5 atom stereocenters. The summed E-state index contributed by atoms with van der Waals surface area (Å²) < 4.78 is 29.0. The SMILES string of the molecule is COC[C@H]1OC(=O)c2coc3c2C1(C)C1=C(C3=O)[C@@H]2CCC3(OCCO3)C2(C)CC1O. The lowest BCUT2D eigenvalue weighted by molar-refractivity contribution is -0.231. The molecule has 2 fully saturated rings. The van der Waals surface area contributed by atoms with Gasteiger partial charge in [-0.25, -0.2) is 4.79 Å². The minimum atomic E-state index is -0.918. The monoisotopic (exact) mass is 430 g/mol. The molecular formula is C23H26O8. The molecule has 31 heavy (non-hydrogen) atoms. The Kier molecular flexibility index (Phi) is 3.85. The third-order valence-corrected chi connectivity index (χ3v) is 8.50. The van der Waals surface area contributed by atoms with Crippen LogP contribution >= 0.6 is 0 Å². The predicted octanol–water partition coefficient (Wildman–Crippen LogP) is 2.14. The first-order chi connectivity index (χ1) is 14.8. The van der Waals surface area contributed by atoms with Crippen LogP contribution < -0.4 is 0 Å². The molecule has 5 aliphatic rings. The van der Waals surface area contributed by atoms with Gasteiger partial charge in [0, 0.05) is 30.1 Å². The lowest BCUT2D eigenvalue weighted by Gasteiger charge is -2.53. The third kappa shape index (κ3) is 2.10. The lowest BCUT2D eigenvalue weighted by atomic mass is 9.53. The van der Waals surface area contributed by atoms with Gasteiger partial charge in [-0.3, -0.25) is 4.79 Å². The minimum absolute atomic E-state index is 0.141. The maximum Gasteiger partial charge on any atom is 0.342 e. The standard InChI is InChI=1S/C23H26O8/c1-21-8-13(24)17-15(12(21)4-5-23(21)29-6-7-30-23)18(25)19-16-11(9-28-19)20(26)31-14(10-27-3)22(16,17)2/h9,12-14,24H,4-8,10H2,1-3H3/t12-,13?,14+,21?,22?/m0/s1. The van der Waals surface area contributed by atoms with Crippen LogP contribution in [0.25, 0.3) is 0 Å². The summed E-state index contributed by atoms with van der Waals surface area (Å²) in [5.41, 5.74) is 0.474. The molecule has 1 spiro atoms. The zero-order chi connectivity index (χ0) is 21.8. The number of cyclic esters (lactones) is 1. The van der Waals surface area contributed by atoms with Crippen LogP contribution in [0.2, 0.25) is 0 Å². The van der Waals surface area contributed by atoms with E-state index in [0.717, 1.165) is 0 Å². The van der Waals surface area contributed by atoms with E-state index in [2.05, 4.69) is 6.92 Å². The second-order valence-electron chi connectivity index (χ2n) is 9.74. The molecule has 3 heterocycles. The fourth-order valence-electron chi connectivity index (χ4n) is 7.12. The Hall–Kier alpha value is -2.00. The van der Waals surface area contributed by atoms with Gasteiger partial charge in [-0.15, -0.1) is 0 Å². The quantitative estimate of drug-likeness (QED) is 0.712. The number of methoxy groups -OCH3 is 1. The number of fused-ring (bicyclic) bond motifs is 4. The Morgan fingerprint density at radius 1 is 1.23 bits per heavy atom. The fraction of sp³-hybridized carbons (Fsp3) is 0.652. The van der Waals surface area contributed by atoms with Gasteiger partial charge < -0.3 is 28.5 Å². The molecular weight excluding hydrogens is 404 g/mol. The summed E-state index contributed by atoms with van der Waals surface area (Å²) in [6, 6.07) is 0. The van der Waals surface area contributed by atoms with Crippen molar-refractivity contribution in [3.63, 3.8) is 0 Å². The molecule has 1 N–H and O–H groups in total. The number of allylic oxidation sites excluding steroid dienone is 1. The molecule has 1 saturated carbocycles. The van der Waals surface area contributed by atoms with Crippen LogP contribution in [-0.2, 0) is 24.4 Å². The molecule has 3 unspecified atom stereocenters. The van der Waals surface area contributed by atoms with E-state index in [9.17, 15) is 14.7 Å². The number of ether oxygens (including phenoxy) is 4. The first-order valence-electron chi connectivity index (χ1n) is 10.9. The highest BCUT2D eigenvalue weighted by Gasteiger charge is 2.69. The number of furan rings is 1. The number of esters is 1. The van der Waals surface area contributed by atoms with E-state index in [4.69, 9.17) is 23.4 Å². The summed E-state index contributed by atoms with van der Waals surface area (Å²) >= 11 is 0. The van der Waals surface area contributed by atoms with E-state index < -0.39 is 34.8 Å². The number of rotatable bonds is 2. The Balaban J connectivity index is 1.60. The zero-order valence-corrected chi connectivity index (χ0v) is 17.9. The van der Waals surface area contributed by atoms with Crippen molar-refractivity contribution < 1.29 is 38.1 Å². The van der Waals surface area contributed by atoms with Gasteiger partial charge in [-0.05, 0) is 31.3 Å². The van der Waals surface area contributed by atoms with Crippen molar-refractivity contribution in [3.05, 3.63) is 34.3 Å². The number of carbonyl (C=O) groups excluding carboxylic acids is 2. The fourth-order valence-corrected chi connectivity index (χ4v) is 7.12. The molecule has 8 nitrogen and oxygen atoms in total. The number of aliphatic hydroxyl groups excluding tert-OH is 1. The first kappa shape index (κ1) is 19.7. The number of carbonyl (C=O) groups is 2. The van der Waals surface area contributed by atoms with Crippen LogP contribution in [0, 0.1) is 11.3 Å². The number of aliphatic hydroxyl groups is 1. The van der Waals surface area contributed by atoms with E-state index in [1.165, 1.54) is 13.4 Å². The third-order valence-electron chi connectivity index (χ3n) is 8.50. The van der Waals surface area contributed by atoms with Crippen LogP contribution in [-0.4, -0.2) is 61.8 Å². The molecule has 1 aromatic rings. The van der Waals surface area contributed by atoms with Gasteiger partial charge in [0.15, 0.2) is 11.5 Å². The van der Waals surface area contributed by atoms with Crippen LogP contribution in [0.3, 0.4) is 0 Å². The minimum Gasteiger partial charge on any atom is -0.460 e. The normalized spacial score (nSPS) is 40.1. The summed E-state index contributed by atoms with van der Waals surface area (Å²) in [6.07, 6.45) is 1.47. The number of hydrogen-bond acceptors (Lipinski definition) is 8. The Labute approximate surface area is 179 Å². The second-order valence-corrected chi connectivity index (χ2v) is 9.74. The average molecular weight is 430 g/mol. The molecule has 1 saturated heterocycles. The molecule has 6 rings (SSSR count). The van der Waals surface area contributed by atoms with Crippen LogP contribution in [0.1, 0.15) is 59.6 Å². The topological polar surface area (TPSA) is 104 Å². The highest BCUT2D eigenvalue weighted by Crippen LogP contribution is 2.66. The van der Waals surface area contributed by atoms with E-state index >= 15 is 0 Å². The van der Waals surface area contributed by atoms with Crippen LogP contribution in [0.15, 0.2) is 21.8 Å². The average Bonchev–Trinajstić information content (AvgIpc) is 3.44. The summed E-state index contributed by atoms with van der Waals surface area (Å²) in [4.78, 5) is 26.4. The van der Waals surface area contributed by atoms with Gasteiger partial charge in [0.25, 0.3) is 0 Å². The second kappa shape index (κ2) is 6.07. The molecule has 166 valence electrons. The molecule has 3 aliphatic carbocycles. The van der Waals surface area contributed by atoms with Crippen molar-refractivity contribution in [2.45, 2.75) is 56.5 Å². The highest BCUT2D eigenvalue weighted by atomic mass is 16.7. The van der Waals surface area contributed by atoms with Crippen molar-refractivity contribution in [1.29, 1.82) is 0 Å². The van der Waals surface area contributed by atoms with Crippen molar-refractivity contribution >= 4 is 11.8 Å². The Bertz CT molecular complexity index is 1030. The van der Waals surface area contributed by atoms with Crippen LogP contribution in [0.4, 0.5) is 0 Å². The number of hydrogen-bond donors (Lipinski definition) is 1. The van der Waals surface area contributed by atoms with Crippen LogP contribution in [0.5, 0.6) is 0 Å². The van der Waals surface area contributed by atoms with Crippen molar-refractivity contribution in [2.24, 2.45) is 11.3 Å². The molecule has 0 aromatic carbocycles. The van der Waals surface area contributed by atoms with Gasteiger partial charge in [0.2, 0.25) is 5.78 Å². The van der Waals surface area contributed by atoms with Gasteiger partial charge >= 0.3 is 5.97 Å². The summed E-state index contributed by atoms with van der Waals surface area (Å²) in [7, 11) is 1.54. The Morgan fingerprint density at radius 2 is 1.97 bits per heavy atom. The molecule has 0 radical (unpaired) electrons. The highest BCUT2D eigenvalue weighted by molar-refractivity contribution is 6.13. The van der Waals surface area contributed by atoms with E-state index in [-0.39, 0.29) is 29.6 Å². The van der Waals surface area contributed by atoms with E-state index in [1.807, 2.05) is 6.92 Å². The molecule has 8 heteroatoms.